The number of nitrogens with zero attached hydrogens (tertiary/aromatic N) is 2. The first kappa shape index (κ1) is 14.7. The molecular weight excluding hydrogens is 292 g/mol. The maximum absolute atomic E-state index is 12.3. The van der Waals surface area contributed by atoms with E-state index in [0.717, 1.165) is 25.1 Å². The molecule has 23 heavy (non-hydrogen) atoms. The highest BCUT2D eigenvalue weighted by molar-refractivity contribution is 5.75. The lowest BCUT2D eigenvalue weighted by atomic mass is 9.71. The maximum atomic E-state index is 12.3. The molecule has 5 atom stereocenters. The summed E-state index contributed by atoms with van der Waals surface area (Å²) in [5, 5.41) is 0. The molecule has 0 aromatic carbocycles. The number of rotatable bonds is 3. The third-order valence-electron chi connectivity index (χ3n) is 5.67. The summed E-state index contributed by atoms with van der Waals surface area (Å²) in [5.41, 5.74) is 2.19. The minimum absolute atomic E-state index is 0.0237. The Morgan fingerprint density at radius 1 is 1.35 bits per heavy atom. The average Bonchev–Trinajstić information content (AvgIpc) is 2.89. The van der Waals surface area contributed by atoms with Gasteiger partial charge in [-0.2, -0.15) is 0 Å². The molecule has 4 bridgehead atoms. The number of carbonyl (C=O) groups is 1. The zero-order chi connectivity index (χ0) is 16.0. The number of pyridine rings is 1. The highest BCUT2D eigenvalue weighted by atomic mass is 16.5. The molecule has 5 nitrogen and oxygen atoms in total. The smallest absolute Gasteiger partial charge is 0.310 e. The fraction of sp³-hybridized carbons (Fsp3) is 0.556. The molecule has 5 heterocycles. The monoisotopic (exact) mass is 314 g/mol. The van der Waals surface area contributed by atoms with Crippen molar-refractivity contribution in [2.24, 2.45) is 11.8 Å². The van der Waals surface area contributed by atoms with Crippen molar-refractivity contribution >= 4 is 12.0 Å². The van der Waals surface area contributed by atoms with Crippen LogP contribution < -0.4 is 4.74 Å². The second-order valence-corrected chi connectivity index (χ2v) is 6.69. The van der Waals surface area contributed by atoms with Gasteiger partial charge in [-0.25, -0.2) is 4.98 Å². The van der Waals surface area contributed by atoms with Crippen LogP contribution in [0.1, 0.15) is 25.0 Å². The summed E-state index contributed by atoms with van der Waals surface area (Å²) in [7, 11) is 3.12. The lowest BCUT2D eigenvalue weighted by Gasteiger charge is -2.50. The van der Waals surface area contributed by atoms with Crippen LogP contribution in [0.3, 0.4) is 0 Å². The standard InChI is InChI=1S/C18H22N2O3/c1-22-16-5-3-4-12(19-16)8-11-10-20-13-6-7-15(20)17(14(11)9-13)18(21)23-2/h3-5,8,13-15,17H,6-7,9-10H2,1-2H3/b11-8+. The Kier molecular flexibility index (Phi) is 3.60. The van der Waals surface area contributed by atoms with E-state index in [1.54, 1.807) is 7.11 Å². The van der Waals surface area contributed by atoms with Gasteiger partial charge >= 0.3 is 5.97 Å². The molecule has 5 rings (SSSR count). The van der Waals surface area contributed by atoms with Gasteiger partial charge < -0.3 is 9.47 Å². The predicted molar refractivity (Wildman–Crippen MR) is 85.9 cm³/mol. The second-order valence-electron chi connectivity index (χ2n) is 6.69. The van der Waals surface area contributed by atoms with Crippen molar-refractivity contribution < 1.29 is 14.3 Å². The SMILES string of the molecule is COC(=O)C1C2CC3CCC1N3C/C2=C\c1cccc(OC)n1. The molecule has 0 radical (unpaired) electrons. The van der Waals surface area contributed by atoms with Gasteiger partial charge in [0, 0.05) is 24.7 Å². The van der Waals surface area contributed by atoms with Crippen molar-refractivity contribution in [1.29, 1.82) is 0 Å². The molecule has 1 aromatic rings. The van der Waals surface area contributed by atoms with Gasteiger partial charge in [0.05, 0.1) is 25.8 Å². The first-order valence-electron chi connectivity index (χ1n) is 8.26. The zero-order valence-corrected chi connectivity index (χ0v) is 13.6. The summed E-state index contributed by atoms with van der Waals surface area (Å²) in [6.07, 6.45) is 5.52. The molecule has 4 saturated heterocycles. The molecule has 1 aromatic heterocycles. The maximum Gasteiger partial charge on any atom is 0.310 e. The normalized spacial score (nSPS) is 36.3. The van der Waals surface area contributed by atoms with Crippen LogP contribution in [0.15, 0.2) is 23.8 Å². The van der Waals surface area contributed by atoms with E-state index in [1.807, 2.05) is 18.2 Å². The van der Waals surface area contributed by atoms with Crippen molar-refractivity contribution in [3.8, 4) is 5.88 Å². The van der Waals surface area contributed by atoms with E-state index in [0.29, 0.717) is 18.0 Å². The average molecular weight is 314 g/mol. The Bertz CT molecular complexity index is 657. The van der Waals surface area contributed by atoms with E-state index >= 15 is 0 Å². The van der Waals surface area contributed by atoms with E-state index < -0.39 is 0 Å². The van der Waals surface area contributed by atoms with Gasteiger partial charge in [-0.3, -0.25) is 9.69 Å². The summed E-state index contributed by atoms with van der Waals surface area (Å²) < 4.78 is 10.3. The quantitative estimate of drug-likeness (QED) is 0.800. The first-order chi connectivity index (χ1) is 11.2. The number of fused-ring (bicyclic) bond motifs is 1. The summed E-state index contributed by atoms with van der Waals surface area (Å²) in [6, 6.07) is 6.77. The summed E-state index contributed by atoms with van der Waals surface area (Å²) in [4.78, 5) is 19.3. The van der Waals surface area contributed by atoms with Crippen molar-refractivity contribution in [2.75, 3.05) is 20.8 Å². The number of hydrogen-bond acceptors (Lipinski definition) is 5. The van der Waals surface area contributed by atoms with Crippen molar-refractivity contribution in [3.05, 3.63) is 29.5 Å². The topological polar surface area (TPSA) is 51.7 Å². The molecular formula is C18H22N2O3. The molecule has 5 heteroatoms. The van der Waals surface area contributed by atoms with E-state index in [-0.39, 0.29) is 17.8 Å². The van der Waals surface area contributed by atoms with Crippen LogP contribution in [0.2, 0.25) is 0 Å². The van der Waals surface area contributed by atoms with Crippen LogP contribution in [0.4, 0.5) is 0 Å². The van der Waals surface area contributed by atoms with Gasteiger partial charge in [-0.05, 0) is 42.9 Å². The van der Waals surface area contributed by atoms with Crippen LogP contribution >= 0.6 is 0 Å². The highest BCUT2D eigenvalue weighted by Crippen LogP contribution is 2.50. The Morgan fingerprint density at radius 2 is 2.22 bits per heavy atom. The van der Waals surface area contributed by atoms with Crippen LogP contribution in [0.5, 0.6) is 5.88 Å². The fourth-order valence-electron chi connectivity index (χ4n) is 4.69. The fourth-order valence-corrected chi connectivity index (χ4v) is 4.69. The molecule has 5 unspecified atom stereocenters. The molecule has 4 fully saturated rings. The third-order valence-corrected chi connectivity index (χ3v) is 5.67. The van der Waals surface area contributed by atoms with Gasteiger partial charge in [0.1, 0.15) is 0 Å². The Balaban J connectivity index is 1.68. The number of methoxy groups -OCH3 is 2. The van der Waals surface area contributed by atoms with Gasteiger partial charge in [-0.15, -0.1) is 0 Å². The van der Waals surface area contributed by atoms with E-state index in [4.69, 9.17) is 9.47 Å². The number of piperidine rings is 3. The van der Waals surface area contributed by atoms with Gasteiger partial charge in [0.15, 0.2) is 0 Å². The number of carbonyl (C=O) groups excluding carboxylic acids is 1. The molecule has 0 amide bonds. The van der Waals surface area contributed by atoms with Crippen LogP contribution in [-0.2, 0) is 9.53 Å². The van der Waals surface area contributed by atoms with E-state index in [2.05, 4.69) is 16.0 Å². The molecule has 0 saturated carbocycles. The van der Waals surface area contributed by atoms with Crippen LogP contribution in [-0.4, -0.2) is 48.7 Å². The van der Waals surface area contributed by atoms with E-state index in [9.17, 15) is 4.79 Å². The van der Waals surface area contributed by atoms with Crippen LogP contribution in [0.25, 0.3) is 6.08 Å². The molecule has 0 spiro atoms. The summed E-state index contributed by atoms with van der Waals surface area (Å²) in [6.45, 7) is 0.951. The largest absolute Gasteiger partial charge is 0.481 e. The highest BCUT2D eigenvalue weighted by Gasteiger charge is 2.55. The second kappa shape index (κ2) is 5.64. The Morgan fingerprint density at radius 3 is 3.00 bits per heavy atom. The van der Waals surface area contributed by atoms with Gasteiger partial charge in [-0.1, -0.05) is 6.07 Å². The van der Waals surface area contributed by atoms with Crippen molar-refractivity contribution in [3.63, 3.8) is 0 Å². The zero-order valence-electron chi connectivity index (χ0n) is 13.6. The lowest BCUT2D eigenvalue weighted by molar-refractivity contribution is -0.153. The van der Waals surface area contributed by atoms with Crippen molar-refractivity contribution in [1.82, 2.24) is 9.88 Å². The lowest BCUT2D eigenvalue weighted by Crippen LogP contribution is -2.58. The predicted octanol–water partition coefficient (Wildman–Crippen LogP) is 2.13. The Labute approximate surface area is 136 Å². The van der Waals surface area contributed by atoms with E-state index in [1.165, 1.54) is 19.1 Å². The number of ether oxygens (including phenoxy) is 2. The molecule has 0 N–H and O–H groups in total. The molecule has 0 aliphatic carbocycles. The molecule has 4 aliphatic heterocycles. The van der Waals surface area contributed by atoms with Gasteiger partial charge in [0.2, 0.25) is 5.88 Å². The summed E-state index contributed by atoms with van der Waals surface area (Å²) >= 11 is 0. The first-order valence-corrected chi connectivity index (χ1v) is 8.26. The van der Waals surface area contributed by atoms with Gasteiger partial charge in [0.25, 0.3) is 0 Å². The minimum Gasteiger partial charge on any atom is -0.481 e. The number of esters is 1. The Hall–Kier alpha value is -1.88. The molecule has 122 valence electrons. The van der Waals surface area contributed by atoms with Crippen LogP contribution in [0, 0.1) is 11.8 Å². The number of hydrogen-bond donors (Lipinski definition) is 0. The number of aromatic nitrogens is 1. The molecule has 4 aliphatic rings. The summed E-state index contributed by atoms with van der Waals surface area (Å²) in [5.74, 6) is 0.821. The van der Waals surface area contributed by atoms with Crippen molar-refractivity contribution in [2.45, 2.75) is 31.3 Å². The minimum atomic E-state index is -0.0606. The third kappa shape index (κ3) is 2.34.